The molecule has 0 saturated heterocycles. The summed E-state index contributed by atoms with van der Waals surface area (Å²) < 4.78 is 0. The third-order valence-electron chi connectivity index (χ3n) is 1.05. The maximum Gasteiger partial charge on any atom is 0.156 e. The van der Waals surface area contributed by atoms with E-state index in [1.807, 2.05) is 13.0 Å². The fourth-order valence-electron chi connectivity index (χ4n) is 0.539. The molecule has 0 unspecified atom stereocenters. The molecule has 0 aliphatic carbocycles. The molecule has 0 aromatic heterocycles. The van der Waals surface area contributed by atoms with Gasteiger partial charge in [-0.1, -0.05) is 13.0 Å². The summed E-state index contributed by atoms with van der Waals surface area (Å²) in [4.78, 5) is 10.6. The minimum Gasteiger partial charge on any atom is -0.295 e. The van der Waals surface area contributed by atoms with Crippen LogP contribution in [0.3, 0.4) is 0 Å². The summed E-state index contributed by atoms with van der Waals surface area (Å²) in [5.74, 6) is 0.412. The normalized spacial score (nSPS) is 11.7. The lowest BCUT2D eigenvalue weighted by Crippen LogP contribution is -1.96. The van der Waals surface area contributed by atoms with Crippen molar-refractivity contribution in [1.82, 2.24) is 0 Å². The molecule has 0 N–H and O–H groups in total. The lowest BCUT2D eigenvalue weighted by molar-refractivity contribution is -0.113. The molecule has 1 nitrogen and oxygen atoms in total. The molecular formula is C7H11ClO. The quantitative estimate of drug-likeness (QED) is 0.441. The lowest BCUT2D eigenvalue weighted by atomic mass is 10.2. The average Bonchev–Trinajstić information content (AvgIpc) is 1.82. The summed E-state index contributed by atoms with van der Waals surface area (Å²) >= 11 is 5.45. The monoisotopic (exact) mass is 146 g/mol. The molecule has 0 fully saturated rings. The summed E-state index contributed by atoms with van der Waals surface area (Å²) in [7, 11) is 0. The van der Waals surface area contributed by atoms with E-state index in [9.17, 15) is 4.79 Å². The van der Waals surface area contributed by atoms with Crippen molar-refractivity contribution in [1.29, 1.82) is 0 Å². The second kappa shape index (κ2) is 4.57. The van der Waals surface area contributed by atoms with E-state index in [0.717, 1.165) is 12.0 Å². The van der Waals surface area contributed by atoms with Gasteiger partial charge in [0.1, 0.15) is 0 Å². The van der Waals surface area contributed by atoms with Gasteiger partial charge in [0.05, 0.1) is 5.88 Å². The zero-order chi connectivity index (χ0) is 7.28. The van der Waals surface area contributed by atoms with E-state index in [2.05, 4.69) is 0 Å². The second-order valence-corrected chi connectivity index (χ2v) is 2.09. The molecule has 0 amide bonds. The Morgan fingerprint density at radius 3 is 2.33 bits per heavy atom. The van der Waals surface area contributed by atoms with Crippen LogP contribution in [0.4, 0.5) is 0 Å². The highest BCUT2D eigenvalue weighted by Gasteiger charge is 1.98. The van der Waals surface area contributed by atoms with Crippen LogP contribution in [0.2, 0.25) is 0 Å². The highest BCUT2D eigenvalue weighted by Crippen LogP contribution is 2.00. The van der Waals surface area contributed by atoms with Crippen molar-refractivity contribution < 1.29 is 4.79 Å². The molecule has 0 aromatic carbocycles. The van der Waals surface area contributed by atoms with E-state index < -0.39 is 0 Å². The van der Waals surface area contributed by atoms with Gasteiger partial charge in [0.2, 0.25) is 0 Å². The highest BCUT2D eigenvalue weighted by atomic mass is 35.5. The first-order valence-corrected chi connectivity index (χ1v) is 3.51. The average molecular weight is 147 g/mol. The number of rotatable bonds is 3. The van der Waals surface area contributed by atoms with Crippen LogP contribution >= 0.6 is 11.6 Å². The molecule has 0 bridgehead atoms. The maximum atomic E-state index is 10.6. The summed E-state index contributed by atoms with van der Waals surface area (Å²) in [6, 6.07) is 0. The van der Waals surface area contributed by atoms with Gasteiger partial charge in [-0.15, -0.1) is 11.6 Å². The van der Waals surface area contributed by atoms with Gasteiger partial charge < -0.3 is 0 Å². The highest BCUT2D eigenvalue weighted by molar-refractivity contribution is 6.22. The van der Waals surface area contributed by atoms with E-state index in [4.69, 9.17) is 11.6 Å². The van der Waals surface area contributed by atoms with Crippen LogP contribution < -0.4 is 0 Å². The summed E-state index contributed by atoms with van der Waals surface area (Å²) in [6.45, 7) is 3.51. The fraction of sp³-hybridized carbons (Fsp3) is 0.571. The van der Waals surface area contributed by atoms with Crippen LogP contribution in [0.5, 0.6) is 0 Å². The number of ketones is 1. The van der Waals surface area contributed by atoms with Gasteiger partial charge >= 0.3 is 0 Å². The molecule has 0 saturated carbocycles. The molecule has 9 heavy (non-hydrogen) atoms. The Balaban J connectivity index is 3.98. The van der Waals surface area contributed by atoms with Gasteiger partial charge in [-0.25, -0.2) is 0 Å². The summed E-state index contributed by atoms with van der Waals surface area (Å²) in [5, 5.41) is 0. The molecule has 0 radical (unpaired) electrons. The van der Waals surface area contributed by atoms with Gasteiger partial charge in [-0.2, -0.15) is 0 Å². The molecular weight excluding hydrogens is 136 g/mol. The molecule has 0 aliphatic rings. The third-order valence-corrected chi connectivity index (χ3v) is 1.33. The van der Waals surface area contributed by atoms with E-state index >= 15 is 0 Å². The van der Waals surface area contributed by atoms with E-state index in [1.165, 1.54) is 6.92 Å². The zero-order valence-corrected chi connectivity index (χ0v) is 6.53. The van der Waals surface area contributed by atoms with Gasteiger partial charge in [0.25, 0.3) is 0 Å². The Kier molecular flexibility index (Phi) is 4.41. The van der Waals surface area contributed by atoms with Crippen molar-refractivity contribution in [3.63, 3.8) is 0 Å². The second-order valence-electron chi connectivity index (χ2n) is 1.83. The summed E-state index contributed by atoms with van der Waals surface area (Å²) in [5.41, 5.74) is 0.721. The topological polar surface area (TPSA) is 17.1 Å². The molecule has 2 heteroatoms. The molecule has 0 aromatic rings. The van der Waals surface area contributed by atoms with Crippen LogP contribution in [-0.2, 0) is 4.79 Å². The predicted molar refractivity (Wildman–Crippen MR) is 39.8 cm³/mol. The van der Waals surface area contributed by atoms with Gasteiger partial charge in [0.15, 0.2) is 5.78 Å². The van der Waals surface area contributed by atoms with Crippen molar-refractivity contribution in [2.24, 2.45) is 0 Å². The number of carbonyl (C=O) groups excluding carboxylic acids is 1. The van der Waals surface area contributed by atoms with Crippen LogP contribution in [-0.4, -0.2) is 11.7 Å². The Bertz CT molecular complexity index is 127. The van der Waals surface area contributed by atoms with Gasteiger partial charge in [0, 0.05) is 5.57 Å². The minimum absolute atomic E-state index is 0.0758. The number of Topliss-reactive ketones (excluding diaryl/α,β-unsaturated/α-hetero) is 1. The first-order valence-electron chi connectivity index (χ1n) is 2.98. The first-order chi connectivity index (χ1) is 4.22. The Labute approximate surface area is 60.7 Å². The van der Waals surface area contributed by atoms with E-state index in [-0.39, 0.29) is 5.78 Å². The van der Waals surface area contributed by atoms with Gasteiger partial charge in [-0.05, 0) is 13.3 Å². The van der Waals surface area contributed by atoms with Gasteiger partial charge in [-0.3, -0.25) is 4.79 Å². The molecule has 0 atom stereocenters. The standard InChI is InChI=1S/C7H11ClO/c1-3-4-7(5-8)6(2)9/h4H,3,5H2,1-2H3/b7-4+. The van der Waals surface area contributed by atoms with E-state index in [0.29, 0.717) is 5.88 Å². The SMILES string of the molecule is CC/C=C(\CCl)C(C)=O. The molecule has 0 heterocycles. The number of alkyl halides is 1. The third kappa shape index (κ3) is 3.31. The first kappa shape index (κ1) is 8.70. The van der Waals surface area contributed by atoms with Crippen LogP contribution in [0.15, 0.2) is 11.6 Å². The number of carbonyl (C=O) groups is 1. The van der Waals surface area contributed by atoms with Crippen molar-refractivity contribution in [3.8, 4) is 0 Å². The Morgan fingerprint density at radius 1 is 1.67 bits per heavy atom. The Morgan fingerprint density at radius 2 is 2.22 bits per heavy atom. The van der Waals surface area contributed by atoms with Crippen LogP contribution in [0.1, 0.15) is 20.3 Å². The van der Waals surface area contributed by atoms with Crippen molar-refractivity contribution >= 4 is 17.4 Å². The summed E-state index contributed by atoms with van der Waals surface area (Å²) in [6.07, 6.45) is 2.73. The van der Waals surface area contributed by atoms with E-state index in [1.54, 1.807) is 0 Å². The number of halogens is 1. The number of hydrogen-bond donors (Lipinski definition) is 0. The fourth-order valence-corrected chi connectivity index (χ4v) is 0.836. The van der Waals surface area contributed by atoms with Crippen molar-refractivity contribution in [3.05, 3.63) is 11.6 Å². The minimum atomic E-state index is 0.0758. The van der Waals surface area contributed by atoms with Crippen LogP contribution in [0.25, 0.3) is 0 Å². The Hall–Kier alpha value is -0.300. The molecule has 0 aliphatic heterocycles. The molecule has 0 rings (SSSR count). The largest absolute Gasteiger partial charge is 0.295 e. The molecule has 0 spiro atoms. The van der Waals surface area contributed by atoms with Crippen LogP contribution in [0, 0.1) is 0 Å². The lowest BCUT2D eigenvalue weighted by Gasteiger charge is -1.93. The number of allylic oxidation sites excluding steroid dienone is 2. The van der Waals surface area contributed by atoms with Crippen molar-refractivity contribution in [2.75, 3.05) is 5.88 Å². The molecule has 52 valence electrons. The maximum absolute atomic E-state index is 10.6. The smallest absolute Gasteiger partial charge is 0.156 e. The number of hydrogen-bond acceptors (Lipinski definition) is 1. The van der Waals surface area contributed by atoms with Crippen molar-refractivity contribution in [2.45, 2.75) is 20.3 Å². The zero-order valence-electron chi connectivity index (χ0n) is 5.78. The predicted octanol–water partition coefficient (Wildman–Crippen LogP) is 2.15.